The Labute approximate surface area is 106 Å². The Balaban J connectivity index is 2.88. The standard InChI is InChI=1S/C11H15ClFNO2S/c1-7(17(2,15)16)11(14)6-8-5-9(12)3-4-10(8)13/h3-5,7,11H,6,14H2,1-2H3. The minimum Gasteiger partial charge on any atom is -0.326 e. The highest BCUT2D eigenvalue weighted by Crippen LogP contribution is 2.17. The summed E-state index contributed by atoms with van der Waals surface area (Å²) in [6, 6.07) is 3.49. The molecule has 2 N–H and O–H groups in total. The first-order valence-electron chi connectivity index (χ1n) is 5.10. The molecular weight excluding hydrogens is 265 g/mol. The first-order chi connectivity index (χ1) is 7.71. The van der Waals surface area contributed by atoms with E-state index in [0.717, 1.165) is 6.26 Å². The zero-order valence-corrected chi connectivity index (χ0v) is 11.2. The molecule has 96 valence electrons. The van der Waals surface area contributed by atoms with E-state index in [-0.39, 0.29) is 6.42 Å². The second-order valence-corrected chi connectivity index (χ2v) is 6.98. The van der Waals surface area contributed by atoms with Crippen molar-refractivity contribution in [1.82, 2.24) is 0 Å². The Morgan fingerprint density at radius 3 is 2.59 bits per heavy atom. The maximum Gasteiger partial charge on any atom is 0.151 e. The predicted octanol–water partition coefficient (Wildman–Crippen LogP) is 1.78. The molecule has 2 atom stereocenters. The number of nitrogens with two attached hydrogens (primary N) is 1. The van der Waals surface area contributed by atoms with E-state index in [1.165, 1.54) is 25.1 Å². The summed E-state index contributed by atoms with van der Waals surface area (Å²) in [6.45, 7) is 1.52. The fraction of sp³-hybridized carbons (Fsp3) is 0.455. The maximum absolute atomic E-state index is 13.4. The summed E-state index contributed by atoms with van der Waals surface area (Å²) in [5.41, 5.74) is 6.10. The normalized spacial score (nSPS) is 15.6. The number of hydrogen-bond donors (Lipinski definition) is 1. The van der Waals surface area contributed by atoms with Gasteiger partial charge >= 0.3 is 0 Å². The molecule has 1 rings (SSSR count). The number of halogens is 2. The van der Waals surface area contributed by atoms with Gasteiger partial charge in [0.1, 0.15) is 5.82 Å². The highest BCUT2D eigenvalue weighted by atomic mass is 35.5. The lowest BCUT2D eigenvalue weighted by molar-refractivity contribution is 0.549. The third-order valence-corrected chi connectivity index (χ3v) is 4.68. The van der Waals surface area contributed by atoms with Crippen LogP contribution in [0.1, 0.15) is 12.5 Å². The van der Waals surface area contributed by atoms with E-state index in [1.807, 2.05) is 0 Å². The van der Waals surface area contributed by atoms with Crippen molar-refractivity contribution in [3.63, 3.8) is 0 Å². The fourth-order valence-corrected chi connectivity index (χ4v) is 2.36. The lowest BCUT2D eigenvalue weighted by Crippen LogP contribution is -2.39. The fourth-order valence-electron chi connectivity index (χ4n) is 1.44. The average molecular weight is 280 g/mol. The zero-order valence-electron chi connectivity index (χ0n) is 9.65. The van der Waals surface area contributed by atoms with Gasteiger partial charge in [-0.15, -0.1) is 0 Å². The summed E-state index contributed by atoms with van der Waals surface area (Å²) >= 11 is 5.74. The van der Waals surface area contributed by atoms with Gasteiger partial charge < -0.3 is 5.73 Å². The topological polar surface area (TPSA) is 60.2 Å². The third kappa shape index (κ3) is 3.94. The third-order valence-electron chi connectivity index (χ3n) is 2.74. The van der Waals surface area contributed by atoms with Crippen LogP contribution >= 0.6 is 11.6 Å². The van der Waals surface area contributed by atoms with Crippen molar-refractivity contribution in [2.45, 2.75) is 24.6 Å². The maximum atomic E-state index is 13.4. The van der Waals surface area contributed by atoms with E-state index in [9.17, 15) is 12.8 Å². The summed E-state index contributed by atoms with van der Waals surface area (Å²) in [4.78, 5) is 0. The summed E-state index contributed by atoms with van der Waals surface area (Å²) in [6.07, 6.45) is 1.26. The van der Waals surface area contributed by atoms with Gasteiger partial charge in [0.05, 0.1) is 5.25 Å². The minimum absolute atomic E-state index is 0.140. The smallest absolute Gasteiger partial charge is 0.151 e. The first-order valence-corrected chi connectivity index (χ1v) is 7.43. The van der Waals surface area contributed by atoms with Crippen molar-refractivity contribution >= 4 is 21.4 Å². The van der Waals surface area contributed by atoms with E-state index < -0.39 is 26.9 Å². The summed E-state index contributed by atoms with van der Waals surface area (Å²) in [5.74, 6) is -0.425. The molecule has 0 bridgehead atoms. The monoisotopic (exact) mass is 279 g/mol. The molecule has 0 spiro atoms. The molecule has 2 unspecified atom stereocenters. The molecule has 0 saturated carbocycles. The molecule has 0 fully saturated rings. The van der Waals surface area contributed by atoms with Crippen molar-refractivity contribution in [3.05, 3.63) is 34.6 Å². The van der Waals surface area contributed by atoms with Crippen LogP contribution in [0, 0.1) is 5.82 Å². The van der Waals surface area contributed by atoms with Crippen molar-refractivity contribution in [1.29, 1.82) is 0 Å². The van der Waals surface area contributed by atoms with Crippen molar-refractivity contribution in [2.75, 3.05) is 6.26 Å². The molecular formula is C11H15ClFNO2S. The second kappa shape index (κ2) is 5.33. The van der Waals surface area contributed by atoms with Crippen LogP contribution in [0.4, 0.5) is 4.39 Å². The molecule has 6 heteroatoms. The van der Waals surface area contributed by atoms with Gasteiger partial charge in [-0.1, -0.05) is 11.6 Å². The Bertz CT molecular complexity index is 504. The first kappa shape index (κ1) is 14.4. The number of hydrogen-bond acceptors (Lipinski definition) is 3. The zero-order chi connectivity index (χ0) is 13.2. The van der Waals surface area contributed by atoms with Gasteiger partial charge in [0.25, 0.3) is 0 Å². The molecule has 0 aromatic heterocycles. The van der Waals surface area contributed by atoms with Crippen molar-refractivity contribution in [2.24, 2.45) is 5.73 Å². The molecule has 17 heavy (non-hydrogen) atoms. The Hall–Kier alpha value is -0.650. The molecule has 0 saturated heterocycles. The van der Waals surface area contributed by atoms with E-state index in [1.54, 1.807) is 0 Å². The van der Waals surface area contributed by atoms with Crippen LogP contribution in [0.15, 0.2) is 18.2 Å². The van der Waals surface area contributed by atoms with Crippen LogP contribution in [-0.4, -0.2) is 26.0 Å². The van der Waals surface area contributed by atoms with Gasteiger partial charge in [-0.2, -0.15) is 0 Å². The van der Waals surface area contributed by atoms with Crippen LogP contribution in [-0.2, 0) is 16.3 Å². The predicted molar refractivity (Wildman–Crippen MR) is 67.4 cm³/mol. The van der Waals surface area contributed by atoms with Gasteiger partial charge in [-0.25, -0.2) is 12.8 Å². The molecule has 0 aliphatic carbocycles. The highest BCUT2D eigenvalue weighted by Gasteiger charge is 2.23. The van der Waals surface area contributed by atoms with E-state index in [0.29, 0.717) is 10.6 Å². The Morgan fingerprint density at radius 2 is 2.06 bits per heavy atom. The van der Waals surface area contributed by atoms with E-state index >= 15 is 0 Å². The van der Waals surface area contributed by atoms with Gasteiger partial charge in [-0.3, -0.25) is 0 Å². The van der Waals surface area contributed by atoms with Crippen LogP contribution in [0.2, 0.25) is 5.02 Å². The summed E-state index contributed by atoms with van der Waals surface area (Å²) < 4.78 is 36.1. The van der Waals surface area contributed by atoms with Gasteiger partial charge in [0, 0.05) is 17.3 Å². The summed E-state index contributed by atoms with van der Waals surface area (Å²) in [7, 11) is -3.23. The van der Waals surface area contributed by atoms with Crippen molar-refractivity contribution < 1.29 is 12.8 Å². The van der Waals surface area contributed by atoms with E-state index in [4.69, 9.17) is 17.3 Å². The molecule has 0 aliphatic heterocycles. The second-order valence-electron chi connectivity index (χ2n) is 4.14. The summed E-state index contributed by atoms with van der Waals surface area (Å²) in [5, 5.41) is -0.318. The molecule has 1 aromatic carbocycles. The largest absolute Gasteiger partial charge is 0.326 e. The molecule has 1 aromatic rings. The highest BCUT2D eigenvalue weighted by molar-refractivity contribution is 7.91. The number of benzene rings is 1. The average Bonchev–Trinajstić information content (AvgIpc) is 2.21. The molecule has 0 aliphatic rings. The quantitative estimate of drug-likeness (QED) is 0.914. The number of rotatable bonds is 4. The molecule has 0 heterocycles. The SMILES string of the molecule is CC(C(N)Cc1cc(Cl)ccc1F)S(C)(=O)=O. The van der Waals surface area contributed by atoms with Gasteiger partial charge in [0.2, 0.25) is 0 Å². The van der Waals surface area contributed by atoms with E-state index in [2.05, 4.69) is 0 Å². The lowest BCUT2D eigenvalue weighted by atomic mass is 10.0. The Morgan fingerprint density at radius 1 is 1.47 bits per heavy atom. The molecule has 3 nitrogen and oxygen atoms in total. The van der Waals surface area contributed by atoms with Crippen LogP contribution in [0.25, 0.3) is 0 Å². The van der Waals surface area contributed by atoms with Crippen LogP contribution in [0.5, 0.6) is 0 Å². The lowest BCUT2D eigenvalue weighted by Gasteiger charge is -2.18. The van der Waals surface area contributed by atoms with Crippen LogP contribution in [0.3, 0.4) is 0 Å². The molecule has 0 radical (unpaired) electrons. The Kier molecular flexibility index (Phi) is 4.52. The van der Waals surface area contributed by atoms with Gasteiger partial charge in [-0.05, 0) is 37.1 Å². The van der Waals surface area contributed by atoms with Crippen molar-refractivity contribution in [3.8, 4) is 0 Å². The number of sulfone groups is 1. The van der Waals surface area contributed by atoms with Crippen LogP contribution < -0.4 is 5.73 Å². The van der Waals surface area contributed by atoms with Gasteiger partial charge in [0.15, 0.2) is 9.84 Å². The molecule has 0 amide bonds. The minimum atomic E-state index is -3.23.